The van der Waals surface area contributed by atoms with Crippen molar-refractivity contribution in [3.63, 3.8) is 0 Å². The van der Waals surface area contributed by atoms with Crippen LogP contribution in [0.4, 0.5) is 5.69 Å². The van der Waals surface area contributed by atoms with Crippen LogP contribution >= 0.6 is 35.4 Å². The van der Waals surface area contributed by atoms with Gasteiger partial charge in [-0.05, 0) is 105 Å². The summed E-state index contributed by atoms with van der Waals surface area (Å²) in [5.74, 6) is 1.59. The molecule has 0 spiro atoms. The highest BCUT2D eigenvalue weighted by Gasteiger charge is 2.42. The van der Waals surface area contributed by atoms with Crippen LogP contribution in [-0.4, -0.2) is 14.7 Å². The Balaban J connectivity index is 1.43. The molecule has 0 unspecified atom stereocenters. The van der Waals surface area contributed by atoms with Crippen LogP contribution in [0.25, 0.3) is 5.69 Å². The summed E-state index contributed by atoms with van der Waals surface area (Å²) in [4.78, 5) is 6.86. The van der Waals surface area contributed by atoms with Gasteiger partial charge < -0.3 is 19.5 Å². The van der Waals surface area contributed by atoms with Crippen molar-refractivity contribution >= 4 is 46.2 Å². The molecule has 6 rings (SSSR count). The van der Waals surface area contributed by atoms with E-state index in [-0.39, 0.29) is 12.1 Å². The summed E-state index contributed by atoms with van der Waals surface area (Å²) in [6, 6.07) is 29.5. The van der Waals surface area contributed by atoms with Crippen molar-refractivity contribution in [1.29, 1.82) is 0 Å². The molecule has 8 heteroatoms. The van der Waals surface area contributed by atoms with E-state index < -0.39 is 0 Å². The molecule has 3 heterocycles. The molecule has 41 heavy (non-hydrogen) atoms. The van der Waals surface area contributed by atoms with Gasteiger partial charge in [0.25, 0.3) is 0 Å². The van der Waals surface area contributed by atoms with Gasteiger partial charge in [0.2, 0.25) is 0 Å². The largest absolute Gasteiger partial charge is 0.457 e. The fourth-order valence-electron chi connectivity index (χ4n) is 5.54. The first-order valence-corrected chi connectivity index (χ1v) is 14.5. The molecule has 1 aliphatic heterocycles. The summed E-state index contributed by atoms with van der Waals surface area (Å²) in [6.07, 6.45) is 1.81. The van der Waals surface area contributed by atoms with Crippen molar-refractivity contribution in [2.24, 2.45) is 0 Å². The topological polar surface area (TPSA) is 42.3 Å². The van der Waals surface area contributed by atoms with Gasteiger partial charge in [0.05, 0.1) is 33.5 Å². The van der Waals surface area contributed by atoms with E-state index in [4.69, 9.17) is 45.1 Å². The number of thiocarbonyl (C=S) groups is 1. The van der Waals surface area contributed by atoms with E-state index in [1.54, 1.807) is 6.07 Å². The number of anilines is 1. The molecule has 0 bridgehead atoms. The standard InChI is InChI=1S/C33H28Cl2N4OS/c1-20-9-4-5-13-29(20)40-24-16-14-23(15-17-24)39-32(31(37-33(39)41)27-11-6-7-18-36-27)25-19-21(2)38(22(25)3)28-12-8-10-26(34)30(28)35/h4-19,31-32H,1-3H3,(H,37,41)/t31-,32-/m0/s1. The number of pyridine rings is 1. The van der Waals surface area contributed by atoms with Gasteiger partial charge in [0.1, 0.15) is 11.5 Å². The summed E-state index contributed by atoms with van der Waals surface area (Å²) in [7, 11) is 0. The fourth-order valence-corrected chi connectivity index (χ4v) is 6.27. The zero-order valence-electron chi connectivity index (χ0n) is 22.8. The predicted molar refractivity (Wildman–Crippen MR) is 171 cm³/mol. The summed E-state index contributed by atoms with van der Waals surface area (Å²) < 4.78 is 8.31. The lowest BCUT2D eigenvalue weighted by Crippen LogP contribution is -2.29. The lowest BCUT2D eigenvalue weighted by molar-refractivity contribution is 0.479. The maximum absolute atomic E-state index is 6.68. The van der Waals surface area contributed by atoms with Gasteiger partial charge in [-0.25, -0.2) is 0 Å². The molecule has 2 aromatic heterocycles. The Bertz CT molecular complexity index is 1740. The summed E-state index contributed by atoms with van der Waals surface area (Å²) >= 11 is 19.0. The Morgan fingerprint density at radius 1 is 0.878 bits per heavy atom. The second-order valence-electron chi connectivity index (χ2n) is 10.1. The quantitative estimate of drug-likeness (QED) is 0.197. The van der Waals surface area contributed by atoms with E-state index in [1.807, 2.05) is 92.0 Å². The third-order valence-corrected chi connectivity index (χ3v) is 8.62. The lowest BCUT2D eigenvalue weighted by atomic mass is 9.96. The van der Waals surface area contributed by atoms with Crippen molar-refractivity contribution in [2.45, 2.75) is 32.9 Å². The SMILES string of the molecule is Cc1ccccc1Oc1ccc(N2C(=S)N[C@@H](c3ccccn3)[C@@H]2c2cc(C)n(-c3cccc(Cl)c3Cl)c2C)cc1. The molecule has 1 N–H and O–H groups in total. The monoisotopic (exact) mass is 598 g/mol. The van der Waals surface area contributed by atoms with Crippen molar-refractivity contribution in [3.05, 3.63) is 135 Å². The third-order valence-electron chi connectivity index (χ3n) is 7.50. The average Bonchev–Trinajstić information content (AvgIpc) is 3.47. The Hall–Kier alpha value is -3.84. The molecule has 1 aliphatic rings. The van der Waals surface area contributed by atoms with Gasteiger partial charge in [-0.2, -0.15) is 0 Å². The van der Waals surface area contributed by atoms with Crippen molar-refractivity contribution in [1.82, 2.24) is 14.9 Å². The normalized spacial score (nSPS) is 16.6. The first kappa shape index (κ1) is 27.3. The van der Waals surface area contributed by atoms with Gasteiger partial charge in [0.15, 0.2) is 5.11 Å². The average molecular weight is 600 g/mol. The van der Waals surface area contributed by atoms with Gasteiger partial charge in [-0.15, -0.1) is 0 Å². The Kier molecular flexibility index (Phi) is 7.47. The molecule has 206 valence electrons. The second kappa shape index (κ2) is 11.2. The molecule has 0 aliphatic carbocycles. The van der Waals surface area contributed by atoms with Crippen LogP contribution < -0.4 is 15.0 Å². The molecule has 1 fully saturated rings. The van der Waals surface area contributed by atoms with E-state index in [2.05, 4.69) is 34.7 Å². The van der Waals surface area contributed by atoms with E-state index in [0.29, 0.717) is 15.2 Å². The number of nitrogens with one attached hydrogen (secondary N) is 1. The summed E-state index contributed by atoms with van der Waals surface area (Å²) in [5.41, 5.74) is 6.99. The van der Waals surface area contributed by atoms with Crippen LogP contribution in [0.1, 0.15) is 40.3 Å². The highest BCUT2D eigenvalue weighted by Crippen LogP contribution is 2.44. The molecule has 2 atom stereocenters. The number of hydrogen-bond acceptors (Lipinski definition) is 3. The number of aromatic nitrogens is 2. The van der Waals surface area contributed by atoms with Crippen LogP contribution in [0.5, 0.6) is 11.5 Å². The predicted octanol–water partition coefficient (Wildman–Crippen LogP) is 9.07. The van der Waals surface area contributed by atoms with Crippen LogP contribution in [0.3, 0.4) is 0 Å². The van der Waals surface area contributed by atoms with Crippen LogP contribution in [0.2, 0.25) is 10.0 Å². The van der Waals surface area contributed by atoms with Crippen molar-refractivity contribution in [2.75, 3.05) is 4.90 Å². The highest BCUT2D eigenvalue weighted by molar-refractivity contribution is 7.80. The second-order valence-corrected chi connectivity index (χ2v) is 11.3. The first-order chi connectivity index (χ1) is 19.8. The number of nitrogens with zero attached hydrogens (tertiary/aromatic N) is 3. The highest BCUT2D eigenvalue weighted by atomic mass is 35.5. The number of rotatable bonds is 6. The van der Waals surface area contributed by atoms with Crippen molar-refractivity contribution in [3.8, 4) is 17.2 Å². The first-order valence-electron chi connectivity index (χ1n) is 13.3. The fraction of sp³-hybridized carbons (Fsp3) is 0.152. The molecule has 3 aromatic carbocycles. The smallest absolute Gasteiger partial charge is 0.174 e. The minimum Gasteiger partial charge on any atom is -0.457 e. The molecule has 0 saturated carbocycles. The number of para-hydroxylation sites is 1. The van der Waals surface area contributed by atoms with Crippen LogP contribution in [-0.2, 0) is 0 Å². The molecule has 5 aromatic rings. The zero-order chi connectivity index (χ0) is 28.7. The lowest BCUT2D eigenvalue weighted by Gasteiger charge is -2.28. The zero-order valence-corrected chi connectivity index (χ0v) is 25.1. The number of aryl methyl sites for hydroxylation is 2. The number of benzene rings is 3. The van der Waals surface area contributed by atoms with Crippen molar-refractivity contribution < 1.29 is 4.74 Å². The van der Waals surface area contributed by atoms with E-state index in [1.165, 1.54) is 0 Å². The molecular formula is C33H28Cl2N4OS. The molecule has 0 radical (unpaired) electrons. The van der Waals surface area contributed by atoms with Gasteiger partial charge in [-0.3, -0.25) is 4.98 Å². The maximum Gasteiger partial charge on any atom is 0.174 e. The third kappa shape index (κ3) is 5.08. The molecular weight excluding hydrogens is 571 g/mol. The number of halogens is 2. The van der Waals surface area contributed by atoms with E-state index >= 15 is 0 Å². The number of hydrogen-bond donors (Lipinski definition) is 1. The van der Waals surface area contributed by atoms with Crippen LogP contribution in [0, 0.1) is 20.8 Å². The molecule has 5 nitrogen and oxygen atoms in total. The molecule has 1 saturated heterocycles. The van der Waals surface area contributed by atoms with E-state index in [9.17, 15) is 0 Å². The number of ether oxygens (including phenoxy) is 1. The minimum atomic E-state index is -0.171. The van der Waals surface area contributed by atoms with Crippen LogP contribution in [0.15, 0.2) is 97.2 Å². The van der Waals surface area contributed by atoms with Gasteiger partial charge in [0, 0.05) is 23.3 Å². The maximum atomic E-state index is 6.68. The molecule has 0 amide bonds. The van der Waals surface area contributed by atoms with Gasteiger partial charge >= 0.3 is 0 Å². The summed E-state index contributed by atoms with van der Waals surface area (Å²) in [5, 5.41) is 5.22. The summed E-state index contributed by atoms with van der Waals surface area (Å²) in [6.45, 7) is 6.22. The Morgan fingerprint density at radius 3 is 2.37 bits per heavy atom. The van der Waals surface area contributed by atoms with Gasteiger partial charge in [-0.1, -0.05) is 53.5 Å². The minimum absolute atomic E-state index is 0.168. The van der Waals surface area contributed by atoms with E-state index in [0.717, 1.165) is 51.1 Å². The Labute approximate surface area is 255 Å². The Morgan fingerprint density at radius 2 is 1.63 bits per heavy atom.